The summed E-state index contributed by atoms with van der Waals surface area (Å²) < 4.78 is 1.94. The first kappa shape index (κ1) is 16.4. The average Bonchev–Trinajstić information content (AvgIpc) is 3.12. The Labute approximate surface area is 152 Å². The smallest absolute Gasteiger partial charge is 0.245 e. The molecule has 1 amide bonds. The van der Waals surface area contributed by atoms with E-state index in [9.17, 15) is 9.90 Å². The maximum Gasteiger partial charge on any atom is 0.245 e. The highest BCUT2D eigenvalue weighted by molar-refractivity contribution is 5.84. The van der Waals surface area contributed by atoms with E-state index >= 15 is 0 Å². The number of phenols is 1. The quantitative estimate of drug-likeness (QED) is 0.787. The van der Waals surface area contributed by atoms with Gasteiger partial charge in [-0.2, -0.15) is 0 Å². The van der Waals surface area contributed by atoms with Crippen LogP contribution in [-0.4, -0.2) is 38.6 Å². The number of aromatic nitrogens is 2. The lowest BCUT2D eigenvalue weighted by molar-refractivity contribution is -0.133. The Morgan fingerprint density at radius 2 is 1.92 bits per heavy atom. The number of para-hydroxylation sites is 2. The van der Waals surface area contributed by atoms with Crippen LogP contribution in [0.4, 0.5) is 0 Å². The lowest BCUT2D eigenvalue weighted by Gasteiger charge is -2.29. The highest BCUT2D eigenvalue weighted by Gasteiger charge is 2.24. The monoisotopic (exact) mass is 347 g/mol. The van der Waals surface area contributed by atoms with E-state index in [-0.39, 0.29) is 17.7 Å². The summed E-state index contributed by atoms with van der Waals surface area (Å²) in [6.07, 6.45) is 4.66. The number of phenolic OH excluding ortho intramolecular Hbond substituents is 1. The minimum atomic E-state index is -0.286. The summed E-state index contributed by atoms with van der Waals surface area (Å²) in [5, 5.41) is 9.42. The van der Waals surface area contributed by atoms with Crippen molar-refractivity contribution in [3.63, 3.8) is 0 Å². The fourth-order valence-electron chi connectivity index (χ4n) is 3.48. The second-order valence-corrected chi connectivity index (χ2v) is 6.63. The highest BCUT2D eigenvalue weighted by Crippen LogP contribution is 2.26. The van der Waals surface area contributed by atoms with E-state index in [1.165, 1.54) is 5.57 Å². The maximum absolute atomic E-state index is 12.9. The molecule has 0 fully saturated rings. The van der Waals surface area contributed by atoms with Gasteiger partial charge in [0.2, 0.25) is 5.91 Å². The predicted molar refractivity (Wildman–Crippen MR) is 102 cm³/mol. The minimum Gasteiger partial charge on any atom is -0.508 e. The molecular formula is C21H21N3O2. The number of nitrogens with zero attached hydrogens (tertiary/aromatic N) is 3. The van der Waals surface area contributed by atoms with Crippen LogP contribution in [0.2, 0.25) is 0 Å². The van der Waals surface area contributed by atoms with E-state index in [0.29, 0.717) is 13.1 Å². The first-order chi connectivity index (χ1) is 12.6. The molecule has 26 heavy (non-hydrogen) atoms. The van der Waals surface area contributed by atoms with Crippen molar-refractivity contribution in [1.29, 1.82) is 0 Å². The number of carbonyl (C=O) groups excluding carboxylic acids is 1. The molecule has 1 aliphatic rings. The van der Waals surface area contributed by atoms with Gasteiger partial charge in [0.15, 0.2) is 0 Å². The lowest BCUT2D eigenvalue weighted by Crippen LogP contribution is -2.38. The van der Waals surface area contributed by atoms with Crippen molar-refractivity contribution in [2.75, 3.05) is 13.1 Å². The van der Waals surface area contributed by atoms with Crippen LogP contribution in [-0.2, 0) is 4.79 Å². The van der Waals surface area contributed by atoms with Gasteiger partial charge < -0.3 is 14.6 Å². The van der Waals surface area contributed by atoms with Crippen LogP contribution in [0.3, 0.4) is 0 Å². The minimum absolute atomic E-state index is 0.106. The Kier molecular flexibility index (Phi) is 4.21. The van der Waals surface area contributed by atoms with Crippen molar-refractivity contribution in [1.82, 2.24) is 14.5 Å². The SMILES string of the molecule is C[C@H](C(=O)N1CC=C(c2ccc(O)cc2)CC1)n1cnc2ccccc21. The third kappa shape index (κ3) is 2.96. The molecule has 2 heterocycles. The van der Waals surface area contributed by atoms with Crippen LogP contribution in [0.1, 0.15) is 24.9 Å². The fourth-order valence-corrected chi connectivity index (χ4v) is 3.48. The lowest BCUT2D eigenvalue weighted by atomic mass is 9.99. The van der Waals surface area contributed by atoms with Gasteiger partial charge >= 0.3 is 0 Å². The number of aromatic hydroxyl groups is 1. The van der Waals surface area contributed by atoms with E-state index in [2.05, 4.69) is 11.1 Å². The Morgan fingerprint density at radius 3 is 2.65 bits per heavy atom. The number of imidazole rings is 1. The van der Waals surface area contributed by atoms with Crippen molar-refractivity contribution in [2.24, 2.45) is 0 Å². The normalized spacial score (nSPS) is 15.7. The molecule has 5 heteroatoms. The number of fused-ring (bicyclic) bond motifs is 1. The van der Waals surface area contributed by atoms with Gasteiger partial charge in [-0.15, -0.1) is 0 Å². The van der Waals surface area contributed by atoms with Crippen molar-refractivity contribution >= 4 is 22.5 Å². The van der Waals surface area contributed by atoms with Crippen molar-refractivity contribution in [2.45, 2.75) is 19.4 Å². The van der Waals surface area contributed by atoms with E-state index in [1.54, 1.807) is 18.5 Å². The third-order valence-corrected chi connectivity index (χ3v) is 5.01. The van der Waals surface area contributed by atoms with Gasteiger partial charge in [-0.3, -0.25) is 4.79 Å². The van der Waals surface area contributed by atoms with E-state index < -0.39 is 0 Å². The average molecular weight is 347 g/mol. The number of rotatable bonds is 3. The molecule has 0 bridgehead atoms. The number of hydrogen-bond donors (Lipinski definition) is 1. The van der Waals surface area contributed by atoms with Crippen LogP contribution >= 0.6 is 0 Å². The largest absolute Gasteiger partial charge is 0.508 e. The summed E-state index contributed by atoms with van der Waals surface area (Å²) >= 11 is 0. The summed E-state index contributed by atoms with van der Waals surface area (Å²) in [4.78, 5) is 19.2. The van der Waals surface area contributed by atoms with Gasteiger partial charge in [-0.05, 0) is 48.7 Å². The van der Waals surface area contributed by atoms with Crippen molar-refractivity contribution in [3.8, 4) is 5.75 Å². The van der Waals surface area contributed by atoms with E-state index in [4.69, 9.17) is 0 Å². The van der Waals surface area contributed by atoms with E-state index in [0.717, 1.165) is 23.0 Å². The van der Waals surface area contributed by atoms with Crippen LogP contribution in [0, 0.1) is 0 Å². The van der Waals surface area contributed by atoms with Crippen molar-refractivity contribution < 1.29 is 9.90 Å². The standard InChI is InChI=1S/C21H21N3O2/c1-15(24-14-22-19-4-2-3-5-20(19)24)21(26)23-12-10-17(11-13-23)16-6-8-18(25)9-7-16/h2-10,14-15,25H,11-13H2,1H3/t15-/m1/s1. The molecule has 132 valence electrons. The number of amides is 1. The molecule has 0 unspecified atom stereocenters. The fraction of sp³-hybridized carbons (Fsp3) is 0.238. The summed E-state index contributed by atoms with van der Waals surface area (Å²) in [7, 11) is 0. The van der Waals surface area contributed by atoms with Crippen LogP contribution in [0.25, 0.3) is 16.6 Å². The first-order valence-electron chi connectivity index (χ1n) is 8.82. The van der Waals surface area contributed by atoms with Crippen molar-refractivity contribution in [3.05, 3.63) is 66.5 Å². The molecule has 1 aliphatic heterocycles. The molecule has 2 aromatic carbocycles. The molecule has 1 N–H and O–H groups in total. The van der Waals surface area contributed by atoms with Crippen LogP contribution in [0.5, 0.6) is 5.75 Å². The van der Waals surface area contributed by atoms with Gasteiger partial charge in [-0.1, -0.05) is 30.3 Å². The molecule has 4 rings (SSSR count). The molecule has 1 atom stereocenters. The summed E-state index contributed by atoms with van der Waals surface area (Å²) in [6.45, 7) is 3.23. The summed E-state index contributed by atoms with van der Waals surface area (Å²) in [5.41, 5.74) is 4.20. The second kappa shape index (κ2) is 6.67. The Balaban J connectivity index is 1.50. The molecule has 0 saturated heterocycles. The molecule has 0 saturated carbocycles. The molecule has 5 nitrogen and oxygen atoms in total. The van der Waals surface area contributed by atoms with Crippen LogP contribution in [0.15, 0.2) is 60.9 Å². The van der Waals surface area contributed by atoms with Crippen LogP contribution < -0.4 is 0 Å². The van der Waals surface area contributed by atoms with Gasteiger partial charge in [0.05, 0.1) is 17.4 Å². The zero-order valence-corrected chi connectivity index (χ0v) is 14.7. The zero-order chi connectivity index (χ0) is 18.1. The highest BCUT2D eigenvalue weighted by atomic mass is 16.3. The molecule has 1 aromatic heterocycles. The number of benzene rings is 2. The zero-order valence-electron chi connectivity index (χ0n) is 14.7. The Hall–Kier alpha value is -3.08. The van der Waals surface area contributed by atoms with Gasteiger partial charge in [-0.25, -0.2) is 4.98 Å². The van der Waals surface area contributed by atoms with Gasteiger partial charge in [0.1, 0.15) is 11.8 Å². The Morgan fingerprint density at radius 1 is 1.15 bits per heavy atom. The first-order valence-corrected chi connectivity index (χ1v) is 8.82. The summed E-state index contributed by atoms with van der Waals surface area (Å²) in [5.74, 6) is 0.373. The number of carbonyl (C=O) groups is 1. The number of hydrogen-bond acceptors (Lipinski definition) is 3. The van der Waals surface area contributed by atoms with E-state index in [1.807, 2.05) is 52.8 Å². The van der Waals surface area contributed by atoms with Gasteiger partial charge in [0, 0.05) is 13.1 Å². The molecule has 0 spiro atoms. The third-order valence-electron chi connectivity index (χ3n) is 5.01. The Bertz CT molecular complexity index is 972. The van der Waals surface area contributed by atoms with Gasteiger partial charge in [0.25, 0.3) is 0 Å². The second-order valence-electron chi connectivity index (χ2n) is 6.63. The predicted octanol–water partition coefficient (Wildman–Crippen LogP) is 3.62. The molecule has 3 aromatic rings. The maximum atomic E-state index is 12.9. The summed E-state index contributed by atoms with van der Waals surface area (Å²) in [6, 6.07) is 14.8. The molecular weight excluding hydrogens is 326 g/mol. The molecule has 0 aliphatic carbocycles. The topological polar surface area (TPSA) is 58.4 Å². The molecule has 0 radical (unpaired) electrons.